The first kappa shape index (κ1) is 17.5. The summed E-state index contributed by atoms with van der Waals surface area (Å²) in [5.41, 5.74) is 0.900. The molecule has 0 saturated heterocycles. The summed E-state index contributed by atoms with van der Waals surface area (Å²) in [5, 5.41) is 19.4. The maximum atomic E-state index is 12.0. The maximum Gasteiger partial charge on any atom is 0.408 e. The lowest BCUT2D eigenvalue weighted by molar-refractivity contribution is 0.130. The van der Waals surface area contributed by atoms with Gasteiger partial charge in [-0.1, -0.05) is 44.2 Å². The van der Waals surface area contributed by atoms with Crippen molar-refractivity contribution in [1.82, 2.24) is 15.5 Å². The summed E-state index contributed by atoms with van der Waals surface area (Å²) in [6.45, 7) is 5.68. The van der Waals surface area contributed by atoms with Crippen LogP contribution in [-0.2, 0) is 11.3 Å². The summed E-state index contributed by atoms with van der Waals surface area (Å²) in [4.78, 5) is 12.0. The monoisotopic (exact) mass is 328 g/mol. The Balaban J connectivity index is 1.99. The van der Waals surface area contributed by atoms with Crippen LogP contribution < -0.4 is 5.32 Å². The molecule has 24 heavy (non-hydrogen) atoms. The quantitative estimate of drug-likeness (QED) is 0.873. The van der Waals surface area contributed by atoms with Gasteiger partial charge < -0.3 is 14.5 Å². The van der Waals surface area contributed by atoms with Crippen LogP contribution in [0.5, 0.6) is 0 Å². The molecule has 7 heteroatoms. The highest BCUT2D eigenvalue weighted by Gasteiger charge is 2.26. The highest BCUT2D eigenvalue weighted by molar-refractivity contribution is 5.67. The number of amides is 1. The number of hydrogen-bond donors (Lipinski definition) is 1. The molecule has 7 nitrogen and oxygen atoms in total. The molecule has 0 aliphatic carbocycles. The second-order valence-electron chi connectivity index (χ2n) is 5.76. The Kier molecular flexibility index (Phi) is 5.90. The molecule has 2 aromatic rings. The summed E-state index contributed by atoms with van der Waals surface area (Å²) in [7, 11) is 0. The SMILES string of the molecule is CC(C#N)c1nnc([C@@H](NC(=O)OCc2ccccc2)C(C)C)o1. The molecule has 1 aromatic heterocycles. The lowest BCUT2D eigenvalue weighted by Crippen LogP contribution is -2.32. The van der Waals surface area contributed by atoms with Crippen LogP contribution in [0.3, 0.4) is 0 Å². The number of alkyl carbamates (subject to hydrolysis) is 1. The lowest BCUT2D eigenvalue weighted by Gasteiger charge is -2.18. The van der Waals surface area contributed by atoms with Gasteiger partial charge in [0.2, 0.25) is 11.8 Å². The molecule has 0 bridgehead atoms. The fourth-order valence-electron chi connectivity index (χ4n) is 2.01. The third-order valence-corrected chi connectivity index (χ3v) is 3.44. The average molecular weight is 328 g/mol. The average Bonchev–Trinajstić information content (AvgIpc) is 3.07. The van der Waals surface area contributed by atoms with Gasteiger partial charge in [0.25, 0.3) is 0 Å². The van der Waals surface area contributed by atoms with E-state index in [9.17, 15) is 4.79 Å². The zero-order valence-corrected chi connectivity index (χ0v) is 13.9. The molecule has 0 aliphatic rings. The van der Waals surface area contributed by atoms with Gasteiger partial charge in [-0.15, -0.1) is 10.2 Å². The van der Waals surface area contributed by atoms with Crippen LogP contribution in [0.2, 0.25) is 0 Å². The van der Waals surface area contributed by atoms with Gasteiger partial charge in [-0.05, 0) is 18.4 Å². The van der Waals surface area contributed by atoms with Crippen LogP contribution in [-0.4, -0.2) is 16.3 Å². The van der Waals surface area contributed by atoms with Crippen LogP contribution >= 0.6 is 0 Å². The minimum Gasteiger partial charge on any atom is -0.445 e. The molecule has 0 aliphatic heterocycles. The summed E-state index contributed by atoms with van der Waals surface area (Å²) < 4.78 is 10.7. The number of nitrogens with zero attached hydrogens (tertiary/aromatic N) is 3. The molecule has 1 unspecified atom stereocenters. The van der Waals surface area contributed by atoms with Crippen molar-refractivity contribution in [3.63, 3.8) is 0 Å². The number of rotatable bonds is 6. The molecule has 2 atom stereocenters. The Hall–Kier alpha value is -2.88. The first-order valence-corrected chi connectivity index (χ1v) is 7.71. The molecule has 126 valence electrons. The van der Waals surface area contributed by atoms with Gasteiger partial charge in [0.1, 0.15) is 18.6 Å². The summed E-state index contributed by atoms with van der Waals surface area (Å²) in [5.74, 6) is 0.0143. The van der Waals surface area contributed by atoms with Crippen molar-refractivity contribution in [3.05, 3.63) is 47.7 Å². The van der Waals surface area contributed by atoms with E-state index in [1.54, 1.807) is 6.92 Å². The first-order valence-electron chi connectivity index (χ1n) is 7.71. The Morgan fingerprint density at radius 1 is 1.25 bits per heavy atom. The number of benzene rings is 1. The van der Waals surface area contributed by atoms with Gasteiger partial charge in [0.15, 0.2) is 0 Å². The van der Waals surface area contributed by atoms with E-state index in [-0.39, 0.29) is 24.3 Å². The van der Waals surface area contributed by atoms with E-state index < -0.39 is 18.1 Å². The summed E-state index contributed by atoms with van der Waals surface area (Å²) in [6, 6.07) is 11.0. The van der Waals surface area contributed by atoms with Crippen LogP contribution in [0.1, 0.15) is 50.1 Å². The highest BCUT2D eigenvalue weighted by Crippen LogP contribution is 2.23. The zero-order chi connectivity index (χ0) is 17.5. The van der Waals surface area contributed by atoms with Crippen molar-refractivity contribution in [2.45, 2.75) is 39.3 Å². The Morgan fingerprint density at radius 3 is 2.54 bits per heavy atom. The lowest BCUT2D eigenvalue weighted by atomic mass is 10.1. The Labute approximate surface area is 140 Å². The van der Waals surface area contributed by atoms with Crippen molar-refractivity contribution in [1.29, 1.82) is 5.26 Å². The molecule has 1 aromatic carbocycles. The van der Waals surface area contributed by atoms with Gasteiger partial charge in [0.05, 0.1) is 6.07 Å². The van der Waals surface area contributed by atoms with Crippen molar-refractivity contribution in [2.24, 2.45) is 5.92 Å². The third-order valence-electron chi connectivity index (χ3n) is 3.44. The first-order chi connectivity index (χ1) is 11.5. The minimum absolute atomic E-state index is 0.0139. The Morgan fingerprint density at radius 2 is 1.92 bits per heavy atom. The number of carbonyl (C=O) groups is 1. The van der Waals surface area contributed by atoms with Crippen LogP contribution in [0, 0.1) is 17.2 Å². The van der Waals surface area contributed by atoms with Crippen molar-refractivity contribution < 1.29 is 13.9 Å². The fraction of sp³-hybridized carbons (Fsp3) is 0.412. The molecule has 1 N–H and O–H groups in total. The minimum atomic E-state index is -0.564. The van der Waals surface area contributed by atoms with E-state index >= 15 is 0 Å². The van der Waals surface area contributed by atoms with Gasteiger partial charge in [-0.25, -0.2) is 4.79 Å². The molecule has 0 spiro atoms. The number of hydrogen-bond acceptors (Lipinski definition) is 6. The largest absolute Gasteiger partial charge is 0.445 e. The molecule has 1 amide bonds. The number of carbonyl (C=O) groups excluding carboxylic acids is 1. The van der Waals surface area contributed by atoms with E-state index in [4.69, 9.17) is 14.4 Å². The third kappa shape index (κ3) is 4.56. The van der Waals surface area contributed by atoms with Gasteiger partial charge >= 0.3 is 6.09 Å². The predicted molar refractivity (Wildman–Crippen MR) is 85.7 cm³/mol. The second kappa shape index (κ2) is 8.11. The molecular formula is C17H20N4O3. The molecule has 0 radical (unpaired) electrons. The van der Waals surface area contributed by atoms with E-state index in [1.807, 2.05) is 50.2 Å². The van der Waals surface area contributed by atoms with Crippen LogP contribution in [0.25, 0.3) is 0 Å². The smallest absolute Gasteiger partial charge is 0.408 e. The van der Waals surface area contributed by atoms with Gasteiger partial charge in [-0.3, -0.25) is 0 Å². The normalized spacial score (nSPS) is 13.1. The zero-order valence-electron chi connectivity index (χ0n) is 13.9. The van der Waals surface area contributed by atoms with Crippen molar-refractivity contribution in [3.8, 4) is 6.07 Å². The van der Waals surface area contributed by atoms with E-state index in [1.165, 1.54) is 0 Å². The number of aromatic nitrogens is 2. The molecule has 0 fully saturated rings. The second-order valence-corrected chi connectivity index (χ2v) is 5.76. The highest BCUT2D eigenvalue weighted by atomic mass is 16.5. The number of nitrogens with one attached hydrogen (secondary N) is 1. The van der Waals surface area contributed by atoms with E-state index in [0.717, 1.165) is 5.56 Å². The van der Waals surface area contributed by atoms with E-state index in [2.05, 4.69) is 15.5 Å². The summed E-state index contributed by atoms with van der Waals surface area (Å²) >= 11 is 0. The van der Waals surface area contributed by atoms with E-state index in [0.29, 0.717) is 0 Å². The summed E-state index contributed by atoms with van der Waals surface area (Å²) in [6.07, 6.45) is -0.564. The predicted octanol–water partition coefficient (Wildman–Crippen LogP) is 3.32. The van der Waals surface area contributed by atoms with Crippen molar-refractivity contribution in [2.75, 3.05) is 0 Å². The van der Waals surface area contributed by atoms with Gasteiger partial charge in [0, 0.05) is 0 Å². The molecular weight excluding hydrogens is 308 g/mol. The standard InChI is InChI=1S/C17H20N4O3/c1-11(2)14(16-21-20-15(24-16)12(3)9-18)19-17(22)23-10-13-7-5-4-6-8-13/h4-8,11-12,14H,10H2,1-3H3,(H,19,22)/t12?,14-/m0/s1. The Bertz CT molecular complexity index is 706. The maximum absolute atomic E-state index is 12.0. The molecule has 1 heterocycles. The number of nitriles is 1. The molecule has 0 saturated carbocycles. The van der Waals surface area contributed by atoms with Crippen LogP contribution in [0.4, 0.5) is 4.79 Å². The fourth-order valence-corrected chi connectivity index (χ4v) is 2.01. The molecule has 2 rings (SSSR count). The van der Waals surface area contributed by atoms with Gasteiger partial charge in [-0.2, -0.15) is 5.26 Å². The topological polar surface area (TPSA) is 101 Å². The van der Waals surface area contributed by atoms with Crippen molar-refractivity contribution >= 4 is 6.09 Å². The number of ether oxygens (including phenoxy) is 1. The van der Waals surface area contributed by atoms with Crippen LogP contribution in [0.15, 0.2) is 34.7 Å².